The largest absolute Gasteiger partial charge is 0.321 e. The summed E-state index contributed by atoms with van der Waals surface area (Å²) in [4.78, 5) is 16.1. The lowest BCUT2D eigenvalue weighted by molar-refractivity contribution is 0.102. The molecule has 1 N–H and O–H groups in total. The molecular formula is C14H9BrClN3O. The molecule has 0 aliphatic rings. The van der Waals surface area contributed by atoms with Crippen molar-refractivity contribution in [3.63, 3.8) is 0 Å². The third-order valence-electron chi connectivity index (χ3n) is 2.53. The highest BCUT2D eigenvalue weighted by atomic mass is 79.9. The second-order valence-electron chi connectivity index (χ2n) is 4.08. The Labute approximate surface area is 129 Å². The van der Waals surface area contributed by atoms with E-state index in [1.807, 2.05) is 6.07 Å². The molecule has 4 nitrogen and oxygen atoms in total. The molecule has 0 aliphatic carbocycles. The van der Waals surface area contributed by atoms with Gasteiger partial charge >= 0.3 is 0 Å². The molecule has 20 heavy (non-hydrogen) atoms. The van der Waals surface area contributed by atoms with E-state index in [9.17, 15) is 4.79 Å². The molecule has 0 fully saturated rings. The number of amides is 1. The maximum absolute atomic E-state index is 12.2. The van der Waals surface area contributed by atoms with E-state index in [4.69, 9.17) is 16.9 Å². The van der Waals surface area contributed by atoms with Crippen LogP contribution in [0.25, 0.3) is 0 Å². The zero-order valence-electron chi connectivity index (χ0n) is 10.4. The first-order chi connectivity index (χ1) is 9.49. The first-order valence-electron chi connectivity index (χ1n) is 5.65. The van der Waals surface area contributed by atoms with Gasteiger partial charge in [-0.15, -0.1) is 0 Å². The van der Waals surface area contributed by atoms with Gasteiger partial charge in [0.25, 0.3) is 5.91 Å². The molecule has 0 saturated heterocycles. The number of rotatable bonds is 2. The van der Waals surface area contributed by atoms with Crippen LogP contribution in [0.3, 0.4) is 0 Å². The predicted molar refractivity (Wildman–Crippen MR) is 80.8 cm³/mol. The standard InChI is InChI=1S/C14H9BrClN3O/c1-8-4-9(6-13(16)18-8)14(20)19-12-3-2-11(15)5-10(12)7-17/h2-6H,1H3,(H,19,20). The Kier molecular flexibility index (Phi) is 4.38. The Bertz CT molecular complexity index is 705. The molecule has 0 bridgehead atoms. The van der Waals surface area contributed by atoms with E-state index in [2.05, 4.69) is 26.2 Å². The van der Waals surface area contributed by atoms with Crippen molar-refractivity contribution in [1.82, 2.24) is 4.98 Å². The average Bonchev–Trinajstić information content (AvgIpc) is 2.39. The fourth-order valence-corrected chi connectivity index (χ4v) is 2.28. The number of nitriles is 1. The minimum Gasteiger partial charge on any atom is -0.321 e. The molecule has 1 aromatic heterocycles. The van der Waals surface area contributed by atoms with Crippen LogP contribution in [0.4, 0.5) is 5.69 Å². The number of benzene rings is 1. The molecule has 1 aromatic carbocycles. The number of nitrogens with zero attached hydrogens (tertiary/aromatic N) is 2. The number of nitrogens with one attached hydrogen (secondary N) is 1. The summed E-state index contributed by atoms with van der Waals surface area (Å²) in [5.74, 6) is -0.337. The summed E-state index contributed by atoms with van der Waals surface area (Å²) >= 11 is 9.10. The number of carbonyl (C=O) groups is 1. The van der Waals surface area contributed by atoms with E-state index >= 15 is 0 Å². The van der Waals surface area contributed by atoms with Gasteiger partial charge in [-0.1, -0.05) is 27.5 Å². The quantitative estimate of drug-likeness (QED) is 0.835. The van der Waals surface area contributed by atoms with Gasteiger partial charge in [-0.05, 0) is 37.3 Å². The molecule has 0 unspecified atom stereocenters. The van der Waals surface area contributed by atoms with Crippen molar-refractivity contribution in [2.24, 2.45) is 0 Å². The highest BCUT2D eigenvalue weighted by Gasteiger charge is 2.11. The number of hydrogen-bond acceptors (Lipinski definition) is 3. The maximum atomic E-state index is 12.2. The second kappa shape index (κ2) is 6.04. The van der Waals surface area contributed by atoms with Crippen LogP contribution in [0.2, 0.25) is 5.15 Å². The SMILES string of the molecule is Cc1cc(C(=O)Nc2ccc(Br)cc2C#N)cc(Cl)n1. The molecule has 0 saturated carbocycles. The Hall–Kier alpha value is -1.90. The maximum Gasteiger partial charge on any atom is 0.255 e. The summed E-state index contributed by atoms with van der Waals surface area (Å²) in [5.41, 5.74) is 1.88. The third-order valence-corrected chi connectivity index (χ3v) is 3.22. The zero-order chi connectivity index (χ0) is 14.7. The predicted octanol–water partition coefficient (Wildman–Crippen LogP) is 3.93. The molecule has 1 amide bonds. The number of aromatic nitrogens is 1. The van der Waals surface area contributed by atoms with Crippen LogP contribution < -0.4 is 5.32 Å². The van der Waals surface area contributed by atoms with Gasteiger partial charge in [0, 0.05) is 15.7 Å². The molecule has 100 valence electrons. The monoisotopic (exact) mass is 349 g/mol. The molecule has 2 aromatic rings. The first kappa shape index (κ1) is 14.5. The highest BCUT2D eigenvalue weighted by molar-refractivity contribution is 9.10. The molecule has 0 radical (unpaired) electrons. The lowest BCUT2D eigenvalue weighted by Gasteiger charge is -2.08. The summed E-state index contributed by atoms with van der Waals surface area (Å²) in [6.07, 6.45) is 0. The van der Waals surface area contributed by atoms with Gasteiger partial charge in [-0.2, -0.15) is 5.26 Å². The van der Waals surface area contributed by atoms with E-state index in [1.54, 1.807) is 31.2 Å². The number of pyridine rings is 1. The second-order valence-corrected chi connectivity index (χ2v) is 5.38. The first-order valence-corrected chi connectivity index (χ1v) is 6.82. The van der Waals surface area contributed by atoms with Gasteiger partial charge < -0.3 is 5.32 Å². The Balaban J connectivity index is 2.30. The van der Waals surface area contributed by atoms with Crippen LogP contribution in [0.15, 0.2) is 34.8 Å². The smallest absolute Gasteiger partial charge is 0.255 e. The van der Waals surface area contributed by atoms with E-state index in [-0.39, 0.29) is 11.1 Å². The minimum atomic E-state index is -0.337. The fourth-order valence-electron chi connectivity index (χ4n) is 1.67. The Morgan fingerprint density at radius 3 is 2.80 bits per heavy atom. The molecule has 0 spiro atoms. The van der Waals surface area contributed by atoms with Crippen molar-refractivity contribution in [2.75, 3.05) is 5.32 Å². The Morgan fingerprint density at radius 2 is 2.15 bits per heavy atom. The molecule has 1 heterocycles. The van der Waals surface area contributed by atoms with Crippen LogP contribution >= 0.6 is 27.5 Å². The van der Waals surface area contributed by atoms with Crippen molar-refractivity contribution >= 4 is 39.1 Å². The van der Waals surface area contributed by atoms with Crippen LogP contribution in [0, 0.1) is 18.3 Å². The van der Waals surface area contributed by atoms with Crippen molar-refractivity contribution in [3.8, 4) is 6.07 Å². The van der Waals surface area contributed by atoms with Gasteiger partial charge in [0.05, 0.1) is 11.3 Å². The zero-order valence-corrected chi connectivity index (χ0v) is 12.8. The molecule has 0 atom stereocenters. The summed E-state index contributed by atoms with van der Waals surface area (Å²) in [7, 11) is 0. The molecular weight excluding hydrogens is 342 g/mol. The van der Waals surface area contributed by atoms with Crippen molar-refractivity contribution < 1.29 is 4.79 Å². The van der Waals surface area contributed by atoms with Crippen LogP contribution in [0.1, 0.15) is 21.6 Å². The summed E-state index contributed by atoms with van der Waals surface area (Å²) in [5, 5.41) is 12.0. The third kappa shape index (κ3) is 3.35. The Morgan fingerprint density at radius 1 is 1.40 bits per heavy atom. The normalized spacial score (nSPS) is 9.90. The van der Waals surface area contributed by atoms with E-state index < -0.39 is 0 Å². The summed E-state index contributed by atoms with van der Waals surface area (Å²) in [6.45, 7) is 1.75. The number of hydrogen-bond donors (Lipinski definition) is 1. The van der Waals surface area contributed by atoms with Crippen LogP contribution in [0.5, 0.6) is 0 Å². The van der Waals surface area contributed by atoms with E-state index in [1.165, 1.54) is 6.07 Å². The topological polar surface area (TPSA) is 65.8 Å². The van der Waals surface area contributed by atoms with Crippen LogP contribution in [-0.2, 0) is 0 Å². The minimum absolute atomic E-state index is 0.256. The average molecular weight is 351 g/mol. The van der Waals surface area contributed by atoms with Gasteiger partial charge in [0.1, 0.15) is 11.2 Å². The number of aryl methyl sites for hydroxylation is 1. The highest BCUT2D eigenvalue weighted by Crippen LogP contribution is 2.21. The van der Waals surface area contributed by atoms with Crippen molar-refractivity contribution in [1.29, 1.82) is 5.26 Å². The van der Waals surface area contributed by atoms with Gasteiger partial charge in [0.2, 0.25) is 0 Å². The van der Waals surface area contributed by atoms with Crippen molar-refractivity contribution in [2.45, 2.75) is 6.92 Å². The number of carbonyl (C=O) groups excluding carboxylic acids is 1. The van der Waals surface area contributed by atoms with E-state index in [0.29, 0.717) is 22.5 Å². The molecule has 0 aliphatic heterocycles. The molecule has 2 rings (SSSR count). The molecule has 6 heteroatoms. The van der Waals surface area contributed by atoms with Crippen molar-refractivity contribution in [3.05, 3.63) is 56.8 Å². The summed E-state index contributed by atoms with van der Waals surface area (Å²) < 4.78 is 0.773. The van der Waals surface area contributed by atoms with E-state index in [0.717, 1.165) is 4.47 Å². The van der Waals surface area contributed by atoms with Gasteiger partial charge in [-0.3, -0.25) is 4.79 Å². The van der Waals surface area contributed by atoms with Crippen LogP contribution in [-0.4, -0.2) is 10.9 Å². The number of halogens is 2. The summed E-state index contributed by atoms with van der Waals surface area (Å²) in [6, 6.07) is 10.2. The number of anilines is 1. The van der Waals surface area contributed by atoms with Gasteiger partial charge in [-0.25, -0.2) is 4.98 Å². The lowest BCUT2D eigenvalue weighted by Crippen LogP contribution is -2.13. The fraction of sp³-hybridized carbons (Fsp3) is 0.0714. The lowest BCUT2D eigenvalue weighted by atomic mass is 10.1. The van der Waals surface area contributed by atoms with Gasteiger partial charge in [0.15, 0.2) is 0 Å².